The third kappa shape index (κ3) is 4.62. The van der Waals surface area contributed by atoms with Crippen molar-refractivity contribution in [2.75, 3.05) is 39.5 Å². The molecule has 1 aromatic carbocycles. The van der Waals surface area contributed by atoms with Crippen molar-refractivity contribution in [2.45, 2.75) is 25.8 Å². The minimum Gasteiger partial charge on any atom is -0.394 e. The van der Waals surface area contributed by atoms with Crippen LogP contribution in [-0.2, 0) is 22.6 Å². The van der Waals surface area contributed by atoms with Crippen molar-refractivity contribution in [2.24, 2.45) is 10.7 Å². The van der Waals surface area contributed by atoms with Gasteiger partial charge in [-0.05, 0) is 11.1 Å². The first kappa shape index (κ1) is 19.9. The zero-order valence-corrected chi connectivity index (χ0v) is 16.3. The van der Waals surface area contributed by atoms with Gasteiger partial charge in [0.1, 0.15) is 11.5 Å². The molecule has 3 heterocycles. The highest BCUT2D eigenvalue weighted by Gasteiger charge is 2.36. The van der Waals surface area contributed by atoms with E-state index in [9.17, 15) is 5.11 Å². The number of rotatable bonds is 7. The Morgan fingerprint density at radius 3 is 2.72 bits per heavy atom. The molecular formula is C19H28N6O4. The molecule has 1 saturated heterocycles. The monoisotopic (exact) mass is 404 g/mol. The summed E-state index contributed by atoms with van der Waals surface area (Å²) in [6, 6.07) is 8.34. The van der Waals surface area contributed by atoms with Crippen LogP contribution in [0.25, 0.3) is 0 Å². The number of aliphatic hydroxyl groups is 2. The van der Waals surface area contributed by atoms with Crippen molar-refractivity contribution in [1.82, 2.24) is 20.4 Å². The van der Waals surface area contributed by atoms with Gasteiger partial charge in [-0.1, -0.05) is 24.3 Å². The number of hydrogen-bond donors (Lipinski definition) is 5. The van der Waals surface area contributed by atoms with E-state index in [0.717, 1.165) is 38.4 Å². The molecule has 2 unspecified atom stereocenters. The van der Waals surface area contributed by atoms with Crippen LogP contribution in [0.2, 0.25) is 0 Å². The Bertz CT molecular complexity index is 780. The molecule has 10 heteroatoms. The van der Waals surface area contributed by atoms with Crippen molar-refractivity contribution in [3.05, 3.63) is 46.9 Å². The molecule has 0 radical (unpaired) electrons. The van der Waals surface area contributed by atoms with E-state index in [1.807, 2.05) is 12.1 Å². The zero-order chi connectivity index (χ0) is 20.2. The second kappa shape index (κ2) is 8.97. The number of aliphatic hydroxyl groups excluding tert-OH is 2. The Balaban J connectivity index is 1.45. The third-order valence-electron chi connectivity index (χ3n) is 5.09. The second-order valence-electron chi connectivity index (χ2n) is 7.18. The minimum absolute atomic E-state index is 0.111. The standard InChI is InChI=1S/C19H28N6O4/c20-16-15-17(23-18(22-16)29-9-6-26)25(19(27)21-15)12-14-3-1-2-13(10-14)11-24-4-7-28-8-5-24/h1-3,10,18-19,21,23,26-27H,4-9,11-12H2,(H2,20,22). The lowest BCUT2D eigenvalue weighted by atomic mass is 10.1. The lowest BCUT2D eigenvalue weighted by Crippen LogP contribution is -2.43. The van der Waals surface area contributed by atoms with Crippen LogP contribution in [0, 0.1) is 0 Å². The van der Waals surface area contributed by atoms with Gasteiger partial charge in [0, 0.05) is 26.2 Å². The molecule has 2 atom stereocenters. The van der Waals surface area contributed by atoms with Gasteiger partial charge in [0.05, 0.1) is 26.4 Å². The first-order valence-electron chi connectivity index (χ1n) is 9.80. The van der Waals surface area contributed by atoms with Gasteiger partial charge in [0.25, 0.3) is 0 Å². The molecule has 1 fully saturated rings. The summed E-state index contributed by atoms with van der Waals surface area (Å²) in [6.45, 7) is 4.81. The third-order valence-corrected chi connectivity index (χ3v) is 5.09. The van der Waals surface area contributed by atoms with Crippen molar-refractivity contribution in [3.63, 3.8) is 0 Å². The van der Waals surface area contributed by atoms with Crippen LogP contribution < -0.4 is 16.4 Å². The number of nitrogens with zero attached hydrogens (tertiary/aromatic N) is 3. The Kier molecular flexibility index (Phi) is 6.16. The van der Waals surface area contributed by atoms with Gasteiger partial charge in [-0.3, -0.25) is 4.90 Å². The van der Waals surface area contributed by atoms with E-state index < -0.39 is 12.7 Å². The van der Waals surface area contributed by atoms with E-state index in [-0.39, 0.29) is 19.0 Å². The summed E-state index contributed by atoms with van der Waals surface area (Å²) in [7, 11) is 0. The molecule has 6 N–H and O–H groups in total. The normalized spacial score (nSPS) is 24.8. The van der Waals surface area contributed by atoms with Crippen molar-refractivity contribution in [1.29, 1.82) is 0 Å². The van der Waals surface area contributed by atoms with E-state index in [1.54, 1.807) is 4.90 Å². The quantitative estimate of drug-likeness (QED) is 0.374. The Morgan fingerprint density at radius 2 is 1.97 bits per heavy atom. The zero-order valence-electron chi connectivity index (χ0n) is 16.3. The highest BCUT2D eigenvalue weighted by molar-refractivity contribution is 5.98. The van der Waals surface area contributed by atoms with E-state index in [2.05, 4.69) is 32.7 Å². The van der Waals surface area contributed by atoms with Gasteiger partial charge in [0.15, 0.2) is 5.84 Å². The molecule has 4 rings (SSSR count). The van der Waals surface area contributed by atoms with Crippen LogP contribution in [0.15, 0.2) is 40.8 Å². The van der Waals surface area contributed by atoms with Crippen LogP contribution in [-0.4, -0.2) is 78.1 Å². The molecule has 1 aromatic rings. The maximum absolute atomic E-state index is 10.5. The molecule has 29 heavy (non-hydrogen) atoms. The van der Waals surface area contributed by atoms with Crippen LogP contribution in [0.5, 0.6) is 0 Å². The first-order chi connectivity index (χ1) is 14.1. The topological polar surface area (TPSA) is 128 Å². The second-order valence-corrected chi connectivity index (χ2v) is 7.18. The summed E-state index contributed by atoms with van der Waals surface area (Å²) in [5, 5.41) is 25.5. The number of aliphatic imine (C=N–C) groups is 1. The number of amidine groups is 1. The molecule has 0 aliphatic carbocycles. The van der Waals surface area contributed by atoms with Crippen molar-refractivity contribution in [3.8, 4) is 0 Å². The summed E-state index contributed by atoms with van der Waals surface area (Å²) in [4.78, 5) is 8.34. The Labute approximate surface area is 169 Å². The maximum atomic E-state index is 10.5. The maximum Gasteiger partial charge on any atom is 0.228 e. The van der Waals surface area contributed by atoms with Crippen LogP contribution in [0.4, 0.5) is 0 Å². The van der Waals surface area contributed by atoms with E-state index in [0.29, 0.717) is 18.1 Å². The molecule has 0 saturated carbocycles. The van der Waals surface area contributed by atoms with E-state index >= 15 is 0 Å². The average molecular weight is 404 g/mol. The number of hydrogen-bond acceptors (Lipinski definition) is 10. The van der Waals surface area contributed by atoms with Crippen molar-refractivity contribution >= 4 is 5.84 Å². The van der Waals surface area contributed by atoms with Gasteiger partial charge in [-0.2, -0.15) is 0 Å². The van der Waals surface area contributed by atoms with Gasteiger partial charge in [-0.25, -0.2) is 4.99 Å². The van der Waals surface area contributed by atoms with E-state index in [1.165, 1.54) is 5.56 Å². The molecule has 0 spiro atoms. The summed E-state index contributed by atoms with van der Waals surface area (Å²) in [5.74, 6) is 0.885. The van der Waals surface area contributed by atoms with Gasteiger partial charge in [0.2, 0.25) is 12.7 Å². The lowest BCUT2D eigenvalue weighted by molar-refractivity contribution is -0.00668. The Morgan fingerprint density at radius 1 is 1.21 bits per heavy atom. The minimum atomic E-state index is -0.930. The van der Waals surface area contributed by atoms with Gasteiger partial charge >= 0.3 is 0 Å². The SMILES string of the molecule is NC1=NC(OCCO)NC2=C1NC(O)N2Cc1cccc(CN2CCOCC2)c1. The molecule has 3 aliphatic rings. The number of ether oxygens (including phenoxy) is 2. The number of benzene rings is 1. The number of nitrogens with two attached hydrogens (primary N) is 1. The highest BCUT2D eigenvalue weighted by Crippen LogP contribution is 2.24. The summed E-state index contributed by atoms with van der Waals surface area (Å²) < 4.78 is 10.8. The largest absolute Gasteiger partial charge is 0.394 e. The summed E-state index contributed by atoms with van der Waals surface area (Å²) >= 11 is 0. The van der Waals surface area contributed by atoms with Crippen LogP contribution in [0.3, 0.4) is 0 Å². The van der Waals surface area contributed by atoms with Crippen molar-refractivity contribution < 1.29 is 19.7 Å². The number of morpholine rings is 1. The predicted octanol–water partition coefficient (Wildman–Crippen LogP) is -1.38. The molecule has 10 nitrogen and oxygen atoms in total. The van der Waals surface area contributed by atoms with Crippen LogP contribution in [0.1, 0.15) is 11.1 Å². The molecular weight excluding hydrogens is 376 g/mol. The molecule has 3 aliphatic heterocycles. The number of nitrogens with one attached hydrogen (secondary N) is 2. The summed E-state index contributed by atoms with van der Waals surface area (Å²) in [5.41, 5.74) is 8.86. The van der Waals surface area contributed by atoms with Gasteiger partial charge < -0.3 is 41.0 Å². The van der Waals surface area contributed by atoms with Crippen LogP contribution >= 0.6 is 0 Å². The lowest BCUT2D eigenvalue weighted by Gasteiger charge is -2.29. The fourth-order valence-electron chi connectivity index (χ4n) is 3.68. The average Bonchev–Trinajstić information content (AvgIpc) is 3.04. The fraction of sp³-hybridized carbons (Fsp3) is 0.526. The Hall–Kier alpha value is -2.37. The smallest absolute Gasteiger partial charge is 0.228 e. The summed E-state index contributed by atoms with van der Waals surface area (Å²) in [6.07, 6.45) is -1.64. The predicted molar refractivity (Wildman–Crippen MR) is 106 cm³/mol. The first-order valence-corrected chi connectivity index (χ1v) is 9.80. The highest BCUT2D eigenvalue weighted by atomic mass is 16.5. The molecule has 0 bridgehead atoms. The fourth-order valence-corrected chi connectivity index (χ4v) is 3.68. The molecule has 158 valence electrons. The van der Waals surface area contributed by atoms with Gasteiger partial charge in [-0.15, -0.1) is 0 Å². The van der Waals surface area contributed by atoms with E-state index in [4.69, 9.17) is 20.3 Å². The molecule has 0 aromatic heterocycles. The molecule has 0 amide bonds.